The second-order valence-corrected chi connectivity index (χ2v) is 13.6. The van der Waals surface area contributed by atoms with Crippen molar-refractivity contribution in [2.45, 2.75) is 103 Å². The minimum atomic E-state index is -0.717. The molecule has 3 aliphatic heterocycles. The molecule has 2 saturated carbocycles. The second-order valence-electron chi connectivity index (χ2n) is 13.6. The largest absolute Gasteiger partial charge is 0.353 e. The molecule has 4 atom stereocenters. The van der Waals surface area contributed by atoms with Crippen LogP contribution in [0.3, 0.4) is 0 Å². The van der Waals surface area contributed by atoms with E-state index in [1.807, 2.05) is 18.7 Å². The average Bonchev–Trinajstić information content (AvgIpc) is 2.97. The summed E-state index contributed by atoms with van der Waals surface area (Å²) in [4.78, 5) is 45.5. The van der Waals surface area contributed by atoms with Gasteiger partial charge in [-0.1, -0.05) is 31.4 Å². The molecule has 8 heteroatoms. The van der Waals surface area contributed by atoms with Gasteiger partial charge in [0.05, 0.1) is 11.3 Å². The van der Waals surface area contributed by atoms with Crippen molar-refractivity contribution in [2.75, 3.05) is 26.7 Å². The van der Waals surface area contributed by atoms with Crippen LogP contribution < -0.4 is 10.6 Å². The topological polar surface area (TPSA) is 81.8 Å². The van der Waals surface area contributed by atoms with E-state index in [1.54, 1.807) is 12.1 Å². The molecule has 0 aromatic heterocycles. The van der Waals surface area contributed by atoms with Gasteiger partial charge in [-0.3, -0.25) is 14.4 Å². The van der Waals surface area contributed by atoms with Gasteiger partial charge in [0.25, 0.3) is 0 Å². The summed E-state index contributed by atoms with van der Waals surface area (Å²) in [6.07, 6.45) is 10.4. The summed E-state index contributed by atoms with van der Waals surface area (Å²) in [5.41, 5.74) is 0.375. The van der Waals surface area contributed by atoms with E-state index in [-0.39, 0.29) is 41.5 Å². The van der Waals surface area contributed by atoms with Crippen molar-refractivity contribution in [3.63, 3.8) is 0 Å². The number of likely N-dealkylation sites (tertiary alicyclic amines) is 1. The molecule has 1 aromatic carbocycles. The summed E-state index contributed by atoms with van der Waals surface area (Å²) in [5.74, 6) is 0.432. The summed E-state index contributed by atoms with van der Waals surface area (Å²) < 4.78 is 13.6. The standard InChI is InChI=1S/C33H49FN4O3/c1-22(2)35-32(41)33(25-7-5-4-6-8-25)15-17-38(18-16-33)31(40)28(20-23-9-12-26(34)13-10-23)36-30(39)27-19-24-11-14-29(27)37(3)21-24/h9-10,12-13,22,24-25,27-29H,4-8,11,14-21H2,1-3H3,(H,35,41)(H,36,39)/t24-,27-,28+,29?/m0/s1. The van der Waals surface area contributed by atoms with Crippen molar-refractivity contribution in [1.82, 2.24) is 20.4 Å². The first-order valence-corrected chi connectivity index (χ1v) is 16.0. The lowest BCUT2D eigenvalue weighted by Crippen LogP contribution is -2.60. The summed E-state index contributed by atoms with van der Waals surface area (Å²) in [6, 6.07) is 5.77. The highest BCUT2D eigenvalue weighted by Crippen LogP contribution is 2.46. The fourth-order valence-electron chi connectivity index (χ4n) is 8.32. The second kappa shape index (κ2) is 12.8. The lowest BCUT2D eigenvalue weighted by molar-refractivity contribution is -0.147. The van der Waals surface area contributed by atoms with Gasteiger partial charge in [0.1, 0.15) is 11.9 Å². The Morgan fingerprint density at radius 2 is 1.66 bits per heavy atom. The van der Waals surface area contributed by atoms with E-state index in [4.69, 9.17) is 0 Å². The highest BCUT2D eigenvalue weighted by molar-refractivity contribution is 5.90. The summed E-state index contributed by atoms with van der Waals surface area (Å²) in [7, 11) is 2.10. The van der Waals surface area contributed by atoms with Gasteiger partial charge >= 0.3 is 0 Å². The van der Waals surface area contributed by atoms with Crippen LogP contribution in [0.5, 0.6) is 0 Å². The zero-order valence-corrected chi connectivity index (χ0v) is 25.2. The highest BCUT2D eigenvalue weighted by atomic mass is 19.1. The molecule has 5 fully saturated rings. The quantitative estimate of drug-likeness (QED) is 0.490. The lowest BCUT2D eigenvalue weighted by atomic mass is 9.63. The van der Waals surface area contributed by atoms with Crippen LogP contribution in [0.4, 0.5) is 4.39 Å². The first-order valence-electron chi connectivity index (χ1n) is 16.0. The number of piperidine rings is 3. The Morgan fingerprint density at radius 3 is 2.27 bits per heavy atom. The Hall–Kier alpha value is -2.48. The third-order valence-corrected chi connectivity index (χ3v) is 10.6. The minimum absolute atomic E-state index is 0.0448. The van der Waals surface area contributed by atoms with Gasteiger partial charge in [-0.2, -0.15) is 0 Å². The Morgan fingerprint density at radius 1 is 0.976 bits per heavy atom. The molecule has 2 bridgehead atoms. The Balaban J connectivity index is 1.31. The molecular formula is C33H49FN4O3. The number of benzene rings is 1. The van der Waals surface area contributed by atoms with Gasteiger partial charge in [0.15, 0.2) is 0 Å². The van der Waals surface area contributed by atoms with Gasteiger partial charge < -0.3 is 20.4 Å². The first kappa shape index (κ1) is 30.0. The molecular weight excluding hydrogens is 519 g/mol. The van der Waals surface area contributed by atoms with Gasteiger partial charge in [-0.05, 0) is 95.4 Å². The van der Waals surface area contributed by atoms with Crippen molar-refractivity contribution < 1.29 is 18.8 Å². The Kier molecular flexibility index (Phi) is 9.37. The van der Waals surface area contributed by atoms with Crippen molar-refractivity contribution >= 4 is 17.7 Å². The number of rotatable bonds is 8. The average molecular weight is 569 g/mol. The number of hydrogen-bond donors (Lipinski definition) is 2. The van der Waals surface area contributed by atoms with Crippen LogP contribution in [0, 0.1) is 29.0 Å². The van der Waals surface area contributed by atoms with E-state index >= 15 is 0 Å². The molecule has 41 heavy (non-hydrogen) atoms. The molecule has 3 saturated heterocycles. The molecule has 0 radical (unpaired) electrons. The third kappa shape index (κ3) is 6.63. The maximum absolute atomic E-state index is 14.1. The van der Waals surface area contributed by atoms with E-state index in [2.05, 4.69) is 22.6 Å². The van der Waals surface area contributed by atoms with E-state index in [0.717, 1.165) is 57.1 Å². The molecule has 2 aliphatic carbocycles. The highest BCUT2D eigenvalue weighted by Gasteiger charge is 2.49. The number of hydrogen-bond acceptors (Lipinski definition) is 4. The van der Waals surface area contributed by atoms with Gasteiger partial charge in [-0.15, -0.1) is 0 Å². The van der Waals surface area contributed by atoms with Crippen molar-refractivity contribution in [3.05, 3.63) is 35.6 Å². The summed E-state index contributed by atoms with van der Waals surface area (Å²) >= 11 is 0. The maximum Gasteiger partial charge on any atom is 0.245 e. The minimum Gasteiger partial charge on any atom is -0.353 e. The maximum atomic E-state index is 14.1. The van der Waals surface area contributed by atoms with E-state index in [1.165, 1.54) is 18.6 Å². The zero-order valence-electron chi connectivity index (χ0n) is 25.2. The number of fused-ring (bicyclic) bond motifs is 3. The molecule has 2 N–H and O–H groups in total. The van der Waals surface area contributed by atoms with Gasteiger partial charge in [-0.25, -0.2) is 4.39 Å². The van der Waals surface area contributed by atoms with Gasteiger partial charge in [0.2, 0.25) is 17.7 Å². The number of halogens is 1. The van der Waals surface area contributed by atoms with Crippen molar-refractivity contribution in [1.29, 1.82) is 0 Å². The van der Waals surface area contributed by atoms with E-state index in [0.29, 0.717) is 44.2 Å². The molecule has 3 amide bonds. The summed E-state index contributed by atoms with van der Waals surface area (Å²) in [6.45, 7) is 6.06. The van der Waals surface area contributed by atoms with Crippen LogP contribution in [0.1, 0.15) is 83.6 Å². The predicted molar refractivity (Wildman–Crippen MR) is 157 cm³/mol. The van der Waals surface area contributed by atoms with E-state index in [9.17, 15) is 18.8 Å². The predicted octanol–water partition coefficient (Wildman–Crippen LogP) is 4.30. The van der Waals surface area contributed by atoms with Crippen molar-refractivity contribution in [3.8, 4) is 0 Å². The van der Waals surface area contributed by atoms with Crippen LogP contribution in [0.2, 0.25) is 0 Å². The normalized spacial score (nSPS) is 27.4. The molecule has 6 rings (SSSR count). The fourth-order valence-corrected chi connectivity index (χ4v) is 8.32. The Labute approximate surface area is 245 Å². The Bertz CT molecular complexity index is 1080. The number of carbonyl (C=O) groups is 3. The molecule has 1 aromatic rings. The van der Waals surface area contributed by atoms with Crippen LogP contribution in [-0.2, 0) is 20.8 Å². The van der Waals surface area contributed by atoms with Crippen LogP contribution in [0.15, 0.2) is 24.3 Å². The molecule has 5 aliphatic rings. The number of amides is 3. The van der Waals surface area contributed by atoms with Crippen LogP contribution in [0.25, 0.3) is 0 Å². The summed E-state index contributed by atoms with van der Waals surface area (Å²) in [5, 5.41) is 6.36. The third-order valence-electron chi connectivity index (χ3n) is 10.6. The molecule has 1 unspecified atom stereocenters. The number of nitrogens with zero attached hydrogens (tertiary/aromatic N) is 2. The molecule has 3 heterocycles. The van der Waals surface area contributed by atoms with Crippen LogP contribution >= 0.6 is 0 Å². The van der Waals surface area contributed by atoms with Crippen LogP contribution in [-0.4, -0.2) is 72.3 Å². The first-order chi connectivity index (χ1) is 19.7. The molecule has 0 spiro atoms. The van der Waals surface area contributed by atoms with Crippen molar-refractivity contribution in [2.24, 2.45) is 23.2 Å². The van der Waals surface area contributed by atoms with Gasteiger partial charge in [0, 0.05) is 38.1 Å². The smallest absolute Gasteiger partial charge is 0.245 e. The molecule has 7 nitrogen and oxygen atoms in total. The van der Waals surface area contributed by atoms with E-state index < -0.39 is 11.5 Å². The molecule has 226 valence electrons. The zero-order chi connectivity index (χ0) is 29.1. The monoisotopic (exact) mass is 568 g/mol. The lowest BCUT2D eigenvalue weighted by Gasteiger charge is -2.48. The fraction of sp³-hybridized carbons (Fsp3) is 0.727. The SMILES string of the molecule is CC(C)NC(=O)C1(C2CCCCC2)CCN(C(=O)[C@@H](Cc2ccc(F)cc2)NC(=O)[C@H]2C[C@@H]3CCC2N(C)C3)CC1. The number of nitrogens with one attached hydrogen (secondary N) is 2. The number of carbonyl (C=O) groups excluding carboxylic acids is 3.